The Labute approximate surface area is 138 Å². The van der Waals surface area contributed by atoms with Gasteiger partial charge >= 0.3 is 0 Å². The highest BCUT2D eigenvalue weighted by atomic mass is 79.9. The third kappa shape index (κ3) is 4.38. The molecule has 1 N–H and O–H groups in total. The van der Waals surface area contributed by atoms with E-state index in [9.17, 15) is 0 Å². The Kier molecular flexibility index (Phi) is 5.57. The number of rotatable bonds is 4. The molecule has 1 aromatic carbocycles. The van der Waals surface area contributed by atoms with Crippen LogP contribution in [0.1, 0.15) is 24.2 Å². The molecule has 19 heavy (non-hydrogen) atoms. The first-order chi connectivity index (χ1) is 9.06. The molecule has 0 radical (unpaired) electrons. The van der Waals surface area contributed by atoms with Crippen molar-refractivity contribution in [3.05, 3.63) is 61.2 Å². The molecule has 0 saturated heterocycles. The van der Waals surface area contributed by atoms with Crippen LogP contribution < -0.4 is 5.32 Å². The smallest absolute Gasteiger partial charge is 0.0684 e. The highest BCUT2D eigenvalue weighted by molar-refractivity contribution is 9.11. The van der Waals surface area contributed by atoms with Crippen LogP contribution in [0, 0.1) is 0 Å². The Balaban J connectivity index is 2.02. The van der Waals surface area contributed by atoms with Gasteiger partial charge in [-0.3, -0.25) is 4.98 Å². The zero-order valence-corrected chi connectivity index (χ0v) is 15.1. The number of benzene rings is 1. The van der Waals surface area contributed by atoms with Crippen LogP contribution >= 0.6 is 47.8 Å². The van der Waals surface area contributed by atoms with Gasteiger partial charge in [0.25, 0.3) is 0 Å². The quantitative estimate of drug-likeness (QED) is 0.693. The van der Waals surface area contributed by atoms with Crippen LogP contribution in [-0.4, -0.2) is 4.98 Å². The van der Waals surface area contributed by atoms with E-state index in [-0.39, 0.29) is 6.04 Å². The molecule has 100 valence electrons. The zero-order chi connectivity index (χ0) is 13.8. The highest BCUT2D eigenvalue weighted by Gasteiger charge is 2.07. The van der Waals surface area contributed by atoms with Crippen molar-refractivity contribution in [1.29, 1.82) is 0 Å². The Morgan fingerprint density at radius 2 is 1.95 bits per heavy atom. The second kappa shape index (κ2) is 6.97. The number of aromatic nitrogens is 1. The molecule has 0 spiro atoms. The van der Waals surface area contributed by atoms with Gasteiger partial charge in [-0.25, -0.2) is 0 Å². The Bertz CT molecular complexity index is 572. The molecular weight excluding hydrogens is 436 g/mol. The lowest BCUT2D eigenvalue weighted by atomic mass is 10.1. The predicted molar refractivity (Wildman–Crippen MR) is 89.0 cm³/mol. The molecule has 2 aromatic rings. The molecule has 0 aliphatic heterocycles. The zero-order valence-electron chi connectivity index (χ0n) is 10.3. The van der Waals surface area contributed by atoms with E-state index in [4.69, 9.17) is 0 Å². The van der Waals surface area contributed by atoms with Gasteiger partial charge in [0.2, 0.25) is 0 Å². The van der Waals surface area contributed by atoms with E-state index in [0.29, 0.717) is 0 Å². The molecule has 0 bridgehead atoms. The maximum Gasteiger partial charge on any atom is 0.0684 e. The molecule has 2 rings (SSSR count). The van der Waals surface area contributed by atoms with Crippen molar-refractivity contribution in [1.82, 2.24) is 10.3 Å². The van der Waals surface area contributed by atoms with Gasteiger partial charge in [0.1, 0.15) is 0 Å². The van der Waals surface area contributed by atoms with Crippen molar-refractivity contribution in [3.8, 4) is 0 Å². The minimum absolute atomic E-state index is 0.273. The third-order valence-electron chi connectivity index (χ3n) is 2.81. The average Bonchev–Trinajstić information content (AvgIpc) is 2.37. The summed E-state index contributed by atoms with van der Waals surface area (Å²) in [6.45, 7) is 2.87. The Morgan fingerprint density at radius 1 is 1.16 bits per heavy atom. The predicted octanol–water partition coefficient (Wildman–Crippen LogP) is 5.22. The van der Waals surface area contributed by atoms with E-state index in [1.54, 1.807) is 0 Å². The summed E-state index contributed by atoms with van der Waals surface area (Å²) < 4.78 is 3.08. The fourth-order valence-corrected chi connectivity index (χ4v) is 3.26. The van der Waals surface area contributed by atoms with Crippen molar-refractivity contribution >= 4 is 47.8 Å². The van der Waals surface area contributed by atoms with Crippen LogP contribution in [0.3, 0.4) is 0 Å². The van der Waals surface area contributed by atoms with Crippen LogP contribution in [0.25, 0.3) is 0 Å². The third-order valence-corrected chi connectivity index (χ3v) is 4.42. The molecule has 5 heteroatoms. The van der Waals surface area contributed by atoms with Crippen molar-refractivity contribution in [2.45, 2.75) is 19.5 Å². The topological polar surface area (TPSA) is 24.9 Å². The molecule has 0 aliphatic carbocycles. The van der Waals surface area contributed by atoms with E-state index in [0.717, 1.165) is 25.7 Å². The van der Waals surface area contributed by atoms with Crippen molar-refractivity contribution in [3.63, 3.8) is 0 Å². The first-order valence-electron chi connectivity index (χ1n) is 5.85. The summed E-state index contributed by atoms with van der Waals surface area (Å²) in [5.41, 5.74) is 2.26. The molecule has 0 fully saturated rings. The Hall–Kier alpha value is -0.230. The number of nitrogens with one attached hydrogen (secondary N) is 1. The standard InChI is InChI=1S/C14H13Br3N2/c1-9(10-3-2-4-11(15)5-10)18-8-14-13(17)6-12(16)7-19-14/h2-7,9,18H,8H2,1H3. The minimum atomic E-state index is 0.273. The summed E-state index contributed by atoms with van der Waals surface area (Å²) >= 11 is 10.4. The number of nitrogens with zero attached hydrogens (tertiary/aromatic N) is 1. The monoisotopic (exact) mass is 446 g/mol. The van der Waals surface area contributed by atoms with Crippen LogP contribution in [0.15, 0.2) is 49.9 Å². The van der Waals surface area contributed by atoms with Crippen LogP contribution in [-0.2, 0) is 6.54 Å². The maximum absolute atomic E-state index is 4.40. The highest BCUT2D eigenvalue weighted by Crippen LogP contribution is 2.21. The molecule has 1 heterocycles. The summed E-state index contributed by atoms with van der Waals surface area (Å²) in [5, 5.41) is 3.47. The first-order valence-corrected chi connectivity index (χ1v) is 8.23. The second-order valence-electron chi connectivity index (χ2n) is 4.24. The summed E-state index contributed by atoms with van der Waals surface area (Å²) in [6.07, 6.45) is 1.81. The van der Waals surface area contributed by atoms with Gasteiger partial charge in [0.15, 0.2) is 0 Å². The number of hydrogen-bond acceptors (Lipinski definition) is 2. The summed E-state index contributed by atoms with van der Waals surface area (Å²) in [7, 11) is 0. The normalized spacial score (nSPS) is 12.4. The van der Waals surface area contributed by atoms with Crippen molar-refractivity contribution < 1.29 is 0 Å². The van der Waals surface area contributed by atoms with E-state index < -0.39 is 0 Å². The van der Waals surface area contributed by atoms with Gasteiger partial charge in [-0.1, -0.05) is 28.1 Å². The fourth-order valence-electron chi connectivity index (χ4n) is 1.72. The molecular formula is C14H13Br3N2. The van der Waals surface area contributed by atoms with Gasteiger partial charge < -0.3 is 5.32 Å². The molecule has 0 aliphatic rings. The van der Waals surface area contributed by atoms with Gasteiger partial charge in [-0.05, 0) is 62.5 Å². The molecule has 1 aromatic heterocycles. The van der Waals surface area contributed by atoms with Gasteiger partial charge in [-0.2, -0.15) is 0 Å². The van der Waals surface area contributed by atoms with E-state index in [2.05, 4.69) is 77.1 Å². The lowest BCUT2D eigenvalue weighted by Crippen LogP contribution is -2.19. The van der Waals surface area contributed by atoms with E-state index in [1.807, 2.05) is 24.4 Å². The van der Waals surface area contributed by atoms with Crippen molar-refractivity contribution in [2.24, 2.45) is 0 Å². The largest absolute Gasteiger partial charge is 0.305 e. The van der Waals surface area contributed by atoms with Crippen molar-refractivity contribution in [2.75, 3.05) is 0 Å². The van der Waals surface area contributed by atoms with Gasteiger partial charge in [0.05, 0.1) is 5.69 Å². The molecule has 2 nitrogen and oxygen atoms in total. The first kappa shape index (κ1) is 15.2. The summed E-state index contributed by atoms with van der Waals surface area (Å²) in [4.78, 5) is 4.40. The lowest BCUT2D eigenvalue weighted by Gasteiger charge is -2.15. The SMILES string of the molecule is CC(NCc1ncc(Br)cc1Br)c1cccc(Br)c1. The van der Waals surface area contributed by atoms with E-state index in [1.165, 1.54) is 5.56 Å². The molecule has 0 amide bonds. The summed E-state index contributed by atoms with van der Waals surface area (Å²) in [6, 6.07) is 10.6. The van der Waals surface area contributed by atoms with E-state index >= 15 is 0 Å². The summed E-state index contributed by atoms with van der Waals surface area (Å²) in [5.74, 6) is 0. The van der Waals surface area contributed by atoms with Crippen LogP contribution in [0.5, 0.6) is 0 Å². The number of pyridine rings is 1. The van der Waals surface area contributed by atoms with Crippen LogP contribution in [0.2, 0.25) is 0 Å². The molecule has 1 atom stereocenters. The molecule has 1 unspecified atom stereocenters. The average molecular weight is 449 g/mol. The Morgan fingerprint density at radius 3 is 2.63 bits per heavy atom. The van der Waals surface area contributed by atoms with Gasteiger partial charge in [0, 0.05) is 32.2 Å². The lowest BCUT2D eigenvalue weighted by molar-refractivity contribution is 0.566. The minimum Gasteiger partial charge on any atom is -0.305 e. The maximum atomic E-state index is 4.40. The molecule has 0 saturated carbocycles. The number of halogens is 3. The second-order valence-corrected chi connectivity index (χ2v) is 6.93. The number of hydrogen-bond donors (Lipinski definition) is 1. The van der Waals surface area contributed by atoms with Crippen LogP contribution in [0.4, 0.5) is 0 Å². The van der Waals surface area contributed by atoms with Gasteiger partial charge in [-0.15, -0.1) is 0 Å². The fraction of sp³-hybridized carbons (Fsp3) is 0.214.